The number of benzene rings is 1. The third-order valence-corrected chi connectivity index (χ3v) is 5.34. The van der Waals surface area contributed by atoms with Crippen molar-refractivity contribution in [3.05, 3.63) is 57.3 Å². The van der Waals surface area contributed by atoms with E-state index in [4.69, 9.17) is 0 Å². The topological polar surface area (TPSA) is 35.6 Å². The fourth-order valence-electron chi connectivity index (χ4n) is 3.05. The lowest BCUT2D eigenvalue weighted by Crippen LogP contribution is -2.37. The molecule has 0 radical (unpaired) electrons. The van der Waals surface area contributed by atoms with Crippen LogP contribution in [0.5, 0.6) is 0 Å². The van der Waals surface area contributed by atoms with Crippen molar-refractivity contribution < 1.29 is 4.79 Å². The molecule has 0 saturated carbocycles. The highest BCUT2D eigenvalue weighted by atomic mass is 32.1. The fraction of sp³-hybridized carbons (Fsp3) is 0.421. The zero-order chi connectivity index (χ0) is 16.9. The van der Waals surface area contributed by atoms with Crippen LogP contribution >= 0.6 is 11.3 Å². The van der Waals surface area contributed by atoms with Crippen LogP contribution in [0, 0.1) is 0 Å². The van der Waals surface area contributed by atoms with E-state index in [0.717, 1.165) is 38.2 Å². The number of fused-ring (bicyclic) bond motifs is 1. The Kier molecular flexibility index (Phi) is 5.66. The summed E-state index contributed by atoms with van der Waals surface area (Å²) in [7, 11) is 4.08. The molecule has 1 aliphatic rings. The van der Waals surface area contributed by atoms with Gasteiger partial charge in [0.25, 0.3) is 5.91 Å². The molecule has 4 nitrogen and oxygen atoms in total. The van der Waals surface area contributed by atoms with Gasteiger partial charge < -0.3 is 10.2 Å². The fourth-order valence-corrected chi connectivity index (χ4v) is 3.94. The number of amides is 1. The monoisotopic (exact) mass is 343 g/mol. The summed E-state index contributed by atoms with van der Waals surface area (Å²) in [4.78, 5) is 18.3. The van der Waals surface area contributed by atoms with Crippen LogP contribution in [0.4, 0.5) is 0 Å². The predicted molar refractivity (Wildman–Crippen MR) is 99.5 cm³/mol. The number of hydrogen-bond donors (Lipinski definition) is 1. The van der Waals surface area contributed by atoms with Crippen molar-refractivity contribution in [2.24, 2.45) is 0 Å². The Balaban J connectivity index is 1.44. The summed E-state index contributed by atoms with van der Waals surface area (Å²) in [6.07, 6.45) is 1.13. The lowest BCUT2D eigenvalue weighted by molar-refractivity contribution is 0.0947. The molecule has 0 fully saturated rings. The van der Waals surface area contributed by atoms with Gasteiger partial charge in [0.1, 0.15) is 0 Å². The van der Waals surface area contributed by atoms with E-state index in [1.54, 1.807) is 0 Å². The molecule has 1 aromatic heterocycles. The van der Waals surface area contributed by atoms with E-state index in [-0.39, 0.29) is 5.91 Å². The number of carbonyl (C=O) groups is 1. The van der Waals surface area contributed by atoms with Gasteiger partial charge in [0.05, 0.1) is 0 Å². The van der Waals surface area contributed by atoms with Crippen LogP contribution in [0.3, 0.4) is 0 Å². The maximum Gasteiger partial charge on any atom is 0.251 e. The van der Waals surface area contributed by atoms with E-state index in [9.17, 15) is 4.79 Å². The molecule has 0 unspecified atom stereocenters. The number of carbonyl (C=O) groups excluding carboxylic acids is 1. The number of nitrogens with one attached hydrogen (secondary N) is 1. The van der Waals surface area contributed by atoms with E-state index < -0.39 is 0 Å². The van der Waals surface area contributed by atoms with Crippen molar-refractivity contribution >= 4 is 17.2 Å². The molecule has 5 heteroatoms. The highest BCUT2D eigenvalue weighted by Crippen LogP contribution is 2.23. The minimum atomic E-state index is 0.0136. The summed E-state index contributed by atoms with van der Waals surface area (Å²) < 4.78 is 0. The summed E-state index contributed by atoms with van der Waals surface area (Å²) >= 11 is 1.86. The Morgan fingerprint density at radius 1 is 1.25 bits per heavy atom. The molecule has 1 N–H and O–H groups in total. The van der Waals surface area contributed by atoms with Crippen molar-refractivity contribution in [2.75, 3.05) is 33.7 Å². The SMILES string of the molecule is CN(C)Cc1ccc(C(=O)NCCN2CCc3sccc3C2)cc1. The summed E-state index contributed by atoms with van der Waals surface area (Å²) in [6, 6.07) is 10.1. The lowest BCUT2D eigenvalue weighted by Gasteiger charge is -2.26. The second-order valence-corrected chi connectivity index (χ2v) is 7.59. The summed E-state index contributed by atoms with van der Waals surface area (Å²) in [5.74, 6) is 0.0136. The molecule has 128 valence electrons. The molecule has 0 bridgehead atoms. The van der Waals surface area contributed by atoms with Gasteiger partial charge in [-0.25, -0.2) is 0 Å². The zero-order valence-electron chi connectivity index (χ0n) is 14.4. The summed E-state index contributed by atoms with van der Waals surface area (Å²) in [5.41, 5.74) is 3.40. The van der Waals surface area contributed by atoms with Crippen LogP contribution in [-0.2, 0) is 19.5 Å². The Morgan fingerprint density at radius 3 is 2.79 bits per heavy atom. The molecule has 0 saturated heterocycles. The maximum absolute atomic E-state index is 12.2. The highest BCUT2D eigenvalue weighted by molar-refractivity contribution is 7.10. The average molecular weight is 343 g/mol. The first-order valence-corrected chi connectivity index (χ1v) is 9.29. The molecule has 1 aliphatic heterocycles. The third-order valence-electron chi connectivity index (χ3n) is 4.32. The van der Waals surface area contributed by atoms with Crippen LogP contribution in [0.25, 0.3) is 0 Å². The molecule has 2 aromatic rings. The number of nitrogens with zero attached hydrogens (tertiary/aromatic N) is 2. The van der Waals surface area contributed by atoms with Gasteiger partial charge >= 0.3 is 0 Å². The number of hydrogen-bond acceptors (Lipinski definition) is 4. The normalized spacial score (nSPS) is 14.6. The van der Waals surface area contributed by atoms with E-state index in [1.807, 2.05) is 49.7 Å². The van der Waals surface area contributed by atoms with Gasteiger partial charge in [0.15, 0.2) is 0 Å². The van der Waals surface area contributed by atoms with E-state index >= 15 is 0 Å². The Hall–Kier alpha value is -1.69. The van der Waals surface area contributed by atoms with E-state index in [0.29, 0.717) is 6.54 Å². The first-order chi connectivity index (χ1) is 11.6. The van der Waals surface area contributed by atoms with E-state index in [2.05, 4.69) is 26.6 Å². The summed E-state index contributed by atoms with van der Waals surface area (Å²) in [5, 5.41) is 5.21. The van der Waals surface area contributed by atoms with Crippen LogP contribution in [0.1, 0.15) is 26.4 Å². The predicted octanol–water partition coefficient (Wildman–Crippen LogP) is 2.60. The number of rotatable bonds is 6. The molecular weight excluding hydrogens is 318 g/mol. The molecular formula is C19H25N3OS. The second kappa shape index (κ2) is 7.92. The maximum atomic E-state index is 12.2. The standard InChI is InChI=1S/C19H25N3OS/c1-21(2)13-15-3-5-16(6-4-15)19(23)20-9-11-22-10-7-18-17(14-22)8-12-24-18/h3-6,8,12H,7,9-11,13-14H2,1-2H3,(H,20,23). The van der Waals surface area contributed by atoms with Crippen molar-refractivity contribution in [2.45, 2.75) is 19.5 Å². The van der Waals surface area contributed by atoms with Gasteiger partial charge in [-0.15, -0.1) is 11.3 Å². The molecule has 2 heterocycles. The van der Waals surface area contributed by atoms with Crippen molar-refractivity contribution in [3.8, 4) is 0 Å². The van der Waals surface area contributed by atoms with Crippen molar-refractivity contribution in [3.63, 3.8) is 0 Å². The molecule has 24 heavy (non-hydrogen) atoms. The molecule has 0 atom stereocenters. The van der Waals surface area contributed by atoms with Gasteiger partial charge in [0, 0.05) is 43.2 Å². The van der Waals surface area contributed by atoms with Crippen molar-refractivity contribution in [1.29, 1.82) is 0 Å². The van der Waals surface area contributed by atoms with Gasteiger partial charge in [-0.05, 0) is 55.2 Å². The van der Waals surface area contributed by atoms with E-state index in [1.165, 1.54) is 16.0 Å². The van der Waals surface area contributed by atoms with Crippen LogP contribution in [0.2, 0.25) is 0 Å². The van der Waals surface area contributed by atoms with Crippen LogP contribution in [0.15, 0.2) is 35.7 Å². The smallest absolute Gasteiger partial charge is 0.251 e. The largest absolute Gasteiger partial charge is 0.351 e. The van der Waals surface area contributed by atoms with Gasteiger partial charge in [-0.1, -0.05) is 12.1 Å². The minimum absolute atomic E-state index is 0.0136. The Morgan fingerprint density at radius 2 is 2.04 bits per heavy atom. The van der Waals surface area contributed by atoms with Crippen molar-refractivity contribution in [1.82, 2.24) is 15.1 Å². The minimum Gasteiger partial charge on any atom is -0.351 e. The van der Waals surface area contributed by atoms with Crippen LogP contribution in [-0.4, -0.2) is 49.4 Å². The molecule has 0 spiro atoms. The Bertz CT molecular complexity index is 678. The first kappa shape index (κ1) is 17.1. The van der Waals surface area contributed by atoms with Crippen LogP contribution < -0.4 is 5.32 Å². The second-order valence-electron chi connectivity index (χ2n) is 6.59. The van der Waals surface area contributed by atoms with Gasteiger partial charge in [-0.2, -0.15) is 0 Å². The zero-order valence-corrected chi connectivity index (χ0v) is 15.2. The van der Waals surface area contributed by atoms with Gasteiger partial charge in [0.2, 0.25) is 0 Å². The average Bonchev–Trinajstić information content (AvgIpc) is 3.02. The quantitative estimate of drug-likeness (QED) is 0.876. The number of thiophene rings is 1. The molecule has 3 rings (SSSR count). The lowest BCUT2D eigenvalue weighted by atomic mass is 10.1. The van der Waals surface area contributed by atoms with Gasteiger partial charge in [-0.3, -0.25) is 9.69 Å². The highest BCUT2D eigenvalue weighted by Gasteiger charge is 2.16. The summed E-state index contributed by atoms with van der Waals surface area (Å²) in [6.45, 7) is 4.58. The Labute approximate surface area is 148 Å². The molecule has 0 aliphatic carbocycles. The molecule has 1 amide bonds. The molecule has 1 aromatic carbocycles. The first-order valence-electron chi connectivity index (χ1n) is 8.41. The third kappa shape index (κ3) is 4.44.